The molecule has 2 saturated heterocycles. The second-order valence-corrected chi connectivity index (χ2v) is 8.38. The zero-order chi connectivity index (χ0) is 19.3. The first-order chi connectivity index (χ1) is 12.8. The lowest BCUT2D eigenvalue weighted by Crippen LogP contribution is -2.36. The van der Waals surface area contributed by atoms with Gasteiger partial charge in [-0.15, -0.1) is 0 Å². The van der Waals surface area contributed by atoms with Crippen LogP contribution < -0.4 is 10.5 Å². The van der Waals surface area contributed by atoms with E-state index in [0.717, 1.165) is 0 Å². The molecule has 12 heteroatoms. The summed E-state index contributed by atoms with van der Waals surface area (Å²) in [4.78, 5) is 12.6. The molecule has 11 nitrogen and oxygen atoms in total. The Morgan fingerprint density at radius 3 is 2.89 bits per heavy atom. The average Bonchev–Trinajstić information content (AvgIpc) is 3.14. The number of nitrogens with zero attached hydrogens (tertiary/aromatic N) is 4. The number of fused-ring (bicyclic) bond motifs is 2. The van der Waals surface area contributed by atoms with Crippen molar-refractivity contribution in [1.29, 1.82) is 0 Å². The van der Waals surface area contributed by atoms with Crippen LogP contribution in [0.1, 0.15) is 27.0 Å². The van der Waals surface area contributed by atoms with E-state index in [1.54, 1.807) is 24.7 Å². The molecule has 2 fully saturated rings. The van der Waals surface area contributed by atoms with Gasteiger partial charge in [0.15, 0.2) is 11.2 Å². The number of ether oxygens (including phenoxy) is 2. The maximum atomic E-state index is 12.7. The molecule has 4 heterocycles. The number of aromatic nitrogens is 4. The standard InChI is InChI=1S/C15H22N5O6P/c1-7(2)25-27(21)23-5-9-11(26-27)8(3)14(24-9)20-6-17-10-12(20)18-15(16)19-13(10)22-4/h6-9,11,14H,5H2,1-4H3,(H2,16,18,19)/t8-,9+,11-,14+,27?/m0/s1. The first kappa shape index (κ1) is 18.6. The van der Waals surface area contributed by atoms with Gasteiger partial charge in [-0.05, 0) is 13.8 Å². The third-order valence-electron chi connectivity index (χ3n) is 4.51. The Bertz CT molecular complexity index is 904. The topological polar surface area (TPSA) is 133 Å². The number of phosphoric ester groups is 1. The summed E-state index contributed by atoms with van der Waals surface area (Å²) in [6.07, 6.45) is 0.00203. The fraction of sp³-hybridized carbons (Fsp3) is 0.667. The van der Waals surface area contributed by atoms with E-state index in [9.17, 15) is 4.57 Å². The van der Waals surface area contributed by atoms with Crippen LogP contribution in [-0.4, -0.2) is 51.5 Å². The van der Waals surface area contributed by atoms with Crippen molar-refractivity contribution in [3.8, 4) is 5.88 Å². The Morgan fingerprint density at radius 1 is 1.41 bits per heavy atom. The average molecular weight is 399 g/mol. The summed E-state index contributed by atoms with van der Waals surface area (Å²) < 4.78 is 42.1. The van der Waals surface area contributed by atoms with E-state index in [1.807, 2.05) is 6.92 Å². The van der Waals surface area contributed by atoms with E-state index >= 15 is 0 Å². The molecule has 2 aromatic heterocycles. The molecule has 0 spiro atoms. The number of phosphoric acid groups is 1. The molecule has 4 rings (SSSR count). The molecule has 1 unspecified atom stereocenters. The Labute approximate surface area is 155 Å². The second kappa shape index (κ2) is 6.68. The summed E-state index contributed by atoms with van der Waals surface area (Å²) in [6, 6.07) is 0. The highest BCUT2D eigenvalue weighted by Gasteiger charge is 2.52. The molecule has 27 heavy (non-hydrogen) atoms. The molecule has 0 saturated carbocycles. The van der Waals surface area contributed by atoms with Gasteiger partial charge in [0.25, 0.3) is 0 Å². The summed E-state index contributed by atoms with van der Waals surface area (Å²) in [5, 5.41) is 0. The van der Waals surface area contributed by atoms with E-state index in [2.05, 4.69) is 15.0 Å². The monoisotopic (exact) mass is 399 g/mol. The summed E-state index contributed by atoms with van der Waals surface area (Å²) in [7, 11) is -2.13. The molecule has 2 N–H and O–H groups in total. The van der Waals surface area contributed by atoms with Gasteiger partial charge in [-0.1, -0.05) is 6.92 Å². The van der Waals surface area contributed by atoms with Crippen LogP contribution in [-0.2, 0) is 22.9 Å². The lowest BCUT2D eigenvalue weighted by molar-refractivity contribution is -0.0733. The van der Waals surface area contributed by atoms with Crippen LogP contribution in [0.25, 0.3) is 11.2 Å². The first-order valence-corrected chi connectivity index (χ1v) is 10.1. The van der Waals surface area contributed by atoms with Crippen molar-refractivity contribution >= 4 is 24.9 Å². The minimum absolute atomic E-state index is 0.0681. The zero-order valence-corrected chi connectivity index (χ0v) is 16.3. The van der Waals surface area contributed by atoms with Gasteiger partial charge < -0.3 is 15.2 Å². The Hall–Kier alpha value is -1.78. The molecular formula is C15H22N5O6P. The quantitative estimate of drug-likeness (QED) is 0.760. The zero-order valence-electron chi connectivity index (χ0n) is 15.4. The summed E-state index contributed by atoms with van der Waals surface area (Å²) in [5.74, 6) is 0.190. The van der Waals surface area contributed by atoms with Gasteiger partial charge in [0, 0.05) is 5.92 Å². The number of nitrogens with two attached hydrogens (primary N) is 1. The third kappa shape index (κ3) is 3.19. The Kier molecular flexibility index (Phi) is 4.59. The van der Waals surface area contributed by atoms with Gasteiger partial charge in [-0.25, -0.2) is 9.55 Å². The summed E-state index contributed by atoms with van der Waals surface area (Å²) >= 11 is 0. The van der Waals surface area contributed by atoms with Gasteiger partial charge in [-0.3, -0.25) is 18.1 Å². The molecule has 0 radical (unpaired) electrons. The van der Waals surface area contributed by atoms with E-state index in [0.29, 0.717) is 11.2 Å². The molecule has 2 aromatic rings. The first-order valence-electron chi connectivity index (χ1n) is 8.62. The van der Waals surface area contributed by atoms with Gasteiger partial charge in [0.1, 0.15) is 18.4 Å². The maximum absolute atomic E-state index is 12.7. The van der Waals surface area contributed by atoms with E-state index < -0.39 is 20.2 Å². The van der Waals surface area contributed by atoms with E-state index in [1.165, 1.54) is 7.11 Å². The predicted octanol–water partition coefficient (Wildman–Crippen LogP) is 1.90. The number of nitrogen functional groups attached to an aromatic ring is 1. The van der Waals surface area contributed by atoms with Crippen molar-refractivity contribution < 1.29 is 27.6 Å². The number of anilines is 1. The Morgan fingerprint density at radius 2 is 2.19 bits per heavy atom. The third-order valence-corrected chi connectivity index (χ3v) is 6.16. The number of hydrogen-bond donors (Lipinski definition) is 1. The molecule has 0 aliphatic carbocycles. The number of hydrogen-bond acceptors (Lipinski definition) is 10. The van der Waals surface area contributed by atoms with Gasteiger partial charge in [-0.2, -0.15) is 9.97 Å². The van der Waals surface area contributed by atoms with Crippen molar-refractivity contribution in [3.63, 3.8) is 0 Å². The van der Waals surface area contributed by atoms with Gasteiger partial charge >= 0.3 is 7.82 Å². The largest absolute Gasteiger partial charge is 0.479 e. The van der Waals surface area contributed by atoms with Crippen molar-refractivity contribution in [1.82, 2.24) is 19.5 Å². The minimum atomic E-state index is -3.62. The smallest absolute Gasteiger partial charge is 0.475 e. The molecule has 2 aliphatic rings. The van der Waals surface area contributed by atoms with Crippen LogP contribution in [0.15, 0.2) is 6.33 Å². The van der Waals surface area contributed by atoms with E-state index in [4.69, 9.17) is 28.8 Å². The molecule has 5 atom stereocenters. The van der Waals surface area contributed by atoms with Crippen LogP contribution in [0.5, 0.6) is 5.88 Å². The number of rotatable bonds is 4. The number of methoxy groups -OCH3 is 1. The Balaban J connectivity index is 1.65. The molecule has 0 amide bonds. The SMILES string of the molecule is COc1nc(N)nc2c1ncn2[C@@H]1O[C@@H]2COP(=O)(OC(C)C)O[C@H]2[C@@H]1C. The normalized spacial score (nSPS) is 33.5. The molecule has 0 bridgehead atoms. The van der Waals surface area contributed by atoms with Crippen LogP contribution in [0, 0.1) is 5.92 Å². The number of imidazole rings is 1. The van der Waals surface area contributed by atoms with E-state index in [-0.39, 0.29) is 36.6 Å². The lowest BCUT2D eigenvalue weighted by Gasteiger charge is -2.32. The highest BCUT2D eigenvalue weighted by atomic mass is 31.2. The fourth-order valence-corrected chi connectivity index (χ4v) is 5.03. The highest BCUT2D eigenvalue weighted by molar-refractivity contribution is 7.48. The van der Waals surface area contributed by atoms with Crippen LogP contribution in [0.3, 0.4) is 0 Å². The van der Waals surface area contributed by atoms with Crippen molar-refractivity contribution in [3.05, 3.63) is 6.33 Å². The second-order valence-electron chi connectivity index (χ2n) is 6.81. The lowest BCUT2D eigenvalue weighted by atomic mass is 10.0. The highest BCUT2D eigenvalue weighted by Crippen LogP contribution is 2.58. The molecular weight excluding hydrogens is 377 g/mol. The fourth-order valence-electron chi connectivity index (χ4n) is 3.39. The van der Waals surface area contributed by atoms with Crippen LogP contribution >= 0.6 is 7.82 Å². The minimum Gasteiger partial charge on any atom is -0.479 e. The van der Waals surface area contributed by atoms with Gasteiger partial charge in [0.2, 0.25) is 11.8 Å². The van der Waals surface area contributed by atoms with Crippen LogP contribution in [0.2, 0.25) is 0 Å². The maximum Gasteiger partial charge on any atom is 0.475 e. The molecule has 148 valence electrons. The summed E-state index contributed by atoms with van der Waals surface area (Å²) in [5.41, 5.74) is 6.74. The van der Waals surface area contributed by atoms with Crippen molar-refractivity contribution in [2.45, 2.75) is 45.3 Å². The van der Waals surface area contributed by atoms with Crippen molar-refractivity contribution in [2.24, 2.45) is 5.92 Å². The van der Waals surface area contributed by atoms with Gasteiger partial charge in [0.05, 0.1) is 26.1 Å². The summed E-state index contributed by atoms with van der Waals surface area (Å²) in [6.45, 7) is 5.59. The molecule has 0 aromatic carbocycles. The van der Waals surface area contributed by atoms with Crippen molar-refractivity contribution in [2.75, 3.05) is 19.5 Å². The van der Waals surface area contributed by atoms with Crippen LogP contribution in [0.4, 0.5) is 5.95 Å². The molecule has 2 aliphatic heterocycles. The predicted molar refractivity (Wildman–Crippen MR) is 94.0 cm³/mol.